The molecule has 0 radical (unpaired) electrons. The average Bonchev–Trinajstić information content (AvgIpc) is 2.32. The van der Waals surface area contributed by atoms with Crippen LogP contribution >= 0.6 is 15.9 Å². The van der Waals surface area contributed by atoms with Crippen molar-refractivity contribution in [1.82, 2.24) is 0 Å². The molecule has 2 aromatic carbocycles. The van der Waals surface area contributed by atoms with E-state index in [1.807, 2.05) is 0 Å². The van der Waals surface area contributed by atoms with E-state index in [2.05, 4.69) is 15.9 Å². The van der Waals surface area contributed by atoms with E-state index >= 15 is 0 Å². The Morgan fingerprint density at radius 1 is 1.18 bits per heavy atom. The van der Waals surface area contributed by atoms with Gasteiger partial charge in [0.1, 0.15) is 5.75 Å². The maximum Gasteiger partial charge on any atom is 0.165 e. The van der Waals surface area contributed by atoms with E-state index in [1.165, 1.54) is 12.1 Å². The fraction of sp³-hybridized carbons (Fsp3) is 0. The highest BCUT2D eigenvalue weighted by molar-refractivity contribution is 9.10. The summed E-state index contributed by atoms with van der Waals surface area (Å²) in [5.74, 6) is 0.189. The maximum absolute atomic E-state index is 13.3. The number of aldehydes is 1. The highest BCUT2D eigenvalue weighted by atomic mass is 79.9. The van der Waals surface area contributed by atoms with Gasteiger partial charge in [-0.05, 0) is 46.3 Å². The summed E-state index contributed by atoms with van der Waals surface area (Å²) < 4.78 is 19.3. The summed E-state index contributed by atoms with van der Waals surface area (Å²) in [6, 6.07) is 11.0. The van der Waals surface area contributed by atoms with Gasteiger partial charge < -0.3 is 4.74 Å². The van der Waals surface area contributed by atoms with Crippen molar-refractivity contribution in [3.63, 3.8) is 0 Å². The van der Waals surface area contributed by atoms with Crippen LogP contribution in [0.4, 0.5) is 4.39 Å². The van der Waals surface area contributed by atoms with Crippen LogP contribution in [0.25, 0.3) is 0 Å². The molecule has 0 aliphatic carbocycles. The minimum Gasteiger partial charge on any atom is -0.454 e. The summed E-state index contributed by atoms with van der Waals surface area (Å²) in [6.07, 6.45) is 0.733. The average molecular weight is 295 g/mol. The molecule has 2 aromatic rings. The molecule has 0 aliphatic rings. The third-order valence-corrected chi connectivity index (χ3v) is 2.85. The van der Waals surface area contributed by atoms with Crippen LogP contribution in [0.1, 0.15) is 10.4 Å². The van der Waals surface area contributed by atoms with Gasteiger partial charge in [0.25, 0.3) is 0 Å². The number of para-hydroxylation sites is 1. The molecule has 0 heterocycles. The maximum atomic E-state index is 13.3. The van der Waals surface area contributed by atoms with E-state index in [-0.39, 0.29) is 5.75 Å². The number of rotatable bonds is 3. The zero-order chi connectivity index (χ0) is 12.3. The first kappa shape index (κ1) is 11.8. The Morgan fingerprint density at radius 3 is 2.59 bits per heavy atom. The summed E-state index contributed by atoms with van der Waals surface area (Å²) in [5, 5.41) is 0. The lowest BCUT2D eigenvalue weighted by Crippen LogP contribution is -1.89. The minimum atomic E-state index is -0.428. The van der Waals surface area contributed by atoms with Gasteiger partial charge in [-0.25, -0.2) is 4.39 Å². The first-order chi connectivity index (χ1) is 8.20. The lowest BCUT2D eigenvalue weighted by Gasteiger charge is -2.07. The second kappa shape index (κ2) is 5.10. The van der Waals surface area contributed by atoms with Gasteiger partial charge in [0.15, 0.2) is 17.9 Å². The number of hydrogen-bond donors (Lipinski definition) is 0. The fourth-order valence-electron chi connectivity index (χ4n) is 1.32. The Labute approximate surface area is 106 Å². The summed E-state index contributed by atoms with van der Waals surface area (Å²) in [7, 11) is 0. The summed E-state index contributed by atoms with van der Waals surface area (Å²) >= 11 is 3.23. The van der Waals surface area contributed by atoms with Crippen LogP contribution in [0.2, 0.25) is 0 Å². The molecule has 0 spiro atoms. The lowest BCUT2D eigenvalue weighted by atomic mass is 10.2. The largest absolute Gasteiger partial charge is 0.454 e. The molecule has 0 aliphatic heterocycles. The monoisotopic (exact) mass is 294 g/mol. The molecule has 2 nitrogen and oxygen atoms in total. The molecular formula is C13H8BrFO2. The first-order valence-corrected chi connectivity index (χ1v) is 5.67. The second-order valence-electron chi connectivity index (χ2n) is 3.33. The molecule has 0 bridgehead atoms. The van der Waals surface area contributed by atoms with Crippen LogP contribution in [-0.4, -0.2) is 6.29 Å². The minimum absolute atomic E-state index is 0.151. The van der Waals surface area contributed by atoms with Crippen LogP contribution in [0.15, 0.2) is 46.9 Å². The van der Waals surface area contributed by atoms with Gasteiger partial charge in [-0.1, -0.05) is 12.1 Å². The second-order valence-corrected chi connectivity index (χ2v) is 4.19. The third-order valence-electron chi connectivity index (χ3n) is 2.16. The highest BCUT2D eigenvalue weighted by Gasteiger charge is 2.05. The molecule has 0 aromatic heterocycles. The quantitative estimate of drug-likeness (QED) is 0.793. The number of carbonyl (C=O) groups excluding carboxylic acids is 1. The first-order valence-electron chi connectivity index (χ1n) is 4.88. The molecule has 0 saturated heterocycles. The highest BCUT2D eigenvalue weighted by Crippen LogP contribution is 2.27. The lowest BCUT2D eigenvalue weighted by molar-refractivity contribution is 0.112. The zero-order valence-electron chi connectivity index (χ0n) is 8.69. The summed E-state index contributed by atoms with van der Waals surface area (Å²) in [5.41, 5.74) is 0.519. The molecule has 0 amide bonds. The van der Waals surface area contributed by atoms with Gasteiger partial charge in [-0.2, -0.15) is 0 Å². The Hall–Kier alpha value is -1.68. The molecule has 4 heteroatoms. The van der Waals surface area contributed by atoms with Crippen LogP contribution < -0.4 is 4.74 Å². The van der Waals surface area contributed by atoms with Crippen molar-refractivity contribution in [2.45, 2.75) is 0 Å². The van der Waals surface area contributed by atoms with E-state index in [9.17, 15) is 9.18 Å². The van der Waals surface area contributed by atoms with Gasteiger partial charge >= 0.3 is 0 Å². The zero-order valence-corrected chi connectivity index (χ0v) is 10.3. The topological polar surface area (TPSA) is 26.3 Å². The van der Waals surface area contributed by atoms with Crippen molar-refractivity contribution in [1.29, 1.82) is 0 Å². The van der Waals surface area contributed by atoms with Crippen LogP contribution in [0.3, 0.4) is 0 Å². The van der Waals surface area contributed by atoms with Crippen LogP contribution in [0.5, 0.6) is 11.5 Å². The Bertz CT molecular complexity index is 555. The van der Waals surface area contributed by atoms with Crippen molar-refractivity contribution in [3.8, 4) is 11.5 Å². The molecule has 17 heavy (non-hydrogen) atoms. The van der Waals surface area contributed by atoms with Gasteiger partial charge in [-0.3, -0.25) is 4.79 Å². The number of benzene rings is 2. The standard InChI is InChI=1S/C13H8BrFO2/c14-11-7-10(6-5-9(11)8-16)17-13-4-2-1-3-12(13)15/h1-8H. The molecule has 0 saturated carbocycles. The van der Waals surface area contributed by atoms with Crippen LogP contribution in [-0.2, 0) is 0 Å². The van der Waals surface area contributed by atoms with E-state index in [1.54, 1.807) is 30.3 Å². The van der Waals surface area contributed by atoms with Gasteiger partial charge in [0.2, 0.25) is 0 Å². The third kappa shape index (κ3) is 2.71. The molecule has 0 unspecified atom stereocenters. The summed E-state index contributed by atoms with van der Waals surface area (Å²) in [4.78, 5) is 10.6. The fourth-order valence-corrected chi connectivity index (χ4v) is 1.77. The predicted octanol–water partition coefficient (Wildman–Crippen LogP) is 4.19. The van der Waals surface area contributed by atoms with E-state index in [0.29, 0.717) is 15.8 Å². The predicted molar refractivity (Wildman–Crippen MR) is 66.0 cm³/mol. The smallest absolute Gasteiger partial charge is 0.165 e. The molecule has 0 atom stereocenters. The van der Waals surface area contributed by atoms with Crippen molar-refractivity contribution >= 4 is 22.2 Å². The van der Waals surface area contributed by atoms with Gasteiger partial charge in [0, 0.05) is 10.0 Å². The molecule has 2 rings (SSSR count). The van der Waals surface area contributed by atoms with Gasteiger partial charge in [-0.15, -0.1) is 0 Å². The SMILES string of the molecule is O=Cc1ccc(Oc2ccccc2F)cc1Br. The summed E-state index contributed by atoms with van der Waals surface area (Å²) in [6.45, 7) is 0. The normalized spacial score (nSPS) is 10.0. The van der Waals surface area contributed by atoms with Crippen molar-refractivity contribution in [2.24, 2.45) is 0 Å². The Kier molecular flexibility index (Phi) is 3.54. The van der Waals surface area contributed by atoms with Crippen LogP contribution in [0, 0.1) is 5.82 Å². The Morgan fingerprint density at radius 2 is 1.94 bits per heavy atom. The molecule has 0 fully saturated rings. The van der Waals surface area contributed by atoms with Crippen molar-refractivity contribution in [2.75, 3.05) is 0 Å². The molecule has 86 valence electrons. The molecule has 0 N–H and O–H groups in total. The van der Waals surface area contributed by atoms with Crippen molar-refractivity contribution in [3.05, 3.63) is 58.3 Å². The number of ether oxygens (including phenoxy) is 1. The molecular weight excluding hydrogens is 287 g/mol. The van der Waals surface area contributed by atoms with E-state index in [4.69, 9.17) is 4.74 Å². The number of carbonyl (C=O) groups is 1. The number of hydrogen-bond acceptors (Lipinski definition) is 2. The Balaban J connectivity index is 2.28. The van der Waals surface area contributed by atoms with Crippen molar-refractivity contribution < 1.29 is 13.9 Å². The van der Waals surface area contributed by atoms with E-state index in [0.717, 1.165) is 6.29 Å². The van der Waals surface area contributed by atoms with E-state index < -0.39 is 5.82 Å². The number of halogens is 2. The van der Waals surface area contributed by atoms with Gasteiger partial charge in [0.05, 0.1) is 0 Å².